The Morgan fingerprint density at radius 1 is 1.50 bits per heavy atom. The van der Waals surface area contributed by atoms with E-state index in [-0.39, 0.29) is 6.04 Å². The summed E-state index contributed by atoms with van der Waals surface area (Å²) in [6.45, 7) is 1.91. The molecular formula is C7H9N3. The summed E-state index contributed by atoms with van der Waals surface area (Å²) in [5, 5.41) is 3.58. The van der Waals surface area contributed by atoms with Crippen molar-refractivity contribution < 1.29 is 0 Å². The van der Waals surface area contributed by atoms with Gasteiger partial charge in [-0.1, -0.05) is 36.3 Å². The zero-order valence-electron chi connectivity index (χ0n) is 5.81. The first kappa shape index (κ1) is 6.90. The Bertz CT molecular complexity index is 199. The van der Waals surface area contributed by atoms with Crippen molar-refractivity contribution in [2.24, 2.45) is 11.0 Å². The lowest BCUT2D eigenvalue weighted by atomic mass is 10.1. The van der Waals surface area contributed by atoms with Crippen molar-refractivity contribution in [3.05, 3.63) is 34.7 Å². The largest absolute Gasteiger partial charge is 0.0900 e. The molecule has 3 heteroatoms. The van der Waals surface area contributed by atoms with Gasteiger partial charge in [-0.3, -0.25) is 0 Å². The van der Waals surface area contributed by atoms with E-state index in [1.807, 2.05) is 31.2 Å². The molecule has 0 bridgehead atoms. The summed E-state index contributed by atoms with van der Waals surface area (Å²) in [4.78, 5) is 2.74. The fourth-order valence-electron chi connectivity index (χ4n) is 0.929. The second-order valence-corrected chi connectivity index (χ2v) is 2.29. The Morgan fingerprint density at radius 2 is 2.10 bits per heavy atom. The molecule has 0 amide bonds. The Hall–Kier alpha value is -1.21. The SMILES string of the molecule is C[C@H](N=[N+]=[N-])C1C=CC=C1. The molecule has 0 aromatic heterocycles. The van der Waals surface area contributed by atoms with Crippen molar-refractivity contribution >= 4 is 0 Å². The standard InChI is InChI=1S/C7H9N3/c1-6(9-10-8)7-4-2-3-5-7/h2-7H,1H3/t6-/m0/s1. The first-order valence-electron chi connectivity index (χ1n) is 3.24. The van der Waals surface area contributed by atoms with Crippen LogP contribution in [0.25, 0.3) is 10.4 Å². The van der Waals surface area contributed by atoms with Gasteiger partial charge in [-0.15, -0.1) is 0 Å². The predicted molar refractivity (Wildman–Crippen MR) is 40.4 cm³/mol. The Labute approximate surface area is 59.7 Å². The van der Waals surface area contributed by atoms with E-state index in [1.165, 1.54) is 0 Å². The molecule has 0 fully saturated rings. The van der Waals surface area contributed by atoms with Crippen molar-refractivity contribution in [2.45, 2.75) is 13.0 Å². The van der Waals surface area contributed by atoms with Gasteiger partial charge in [-0.2, -0.15) is 0 Å². The summed E-state index contributed by atoms with van der Waals surface area (Å²) in [5.74, 6) is 0.302. The first-order valence-corrected chi connectivity index (χ1v) is 3.24. The van der Waals surface area contributed by atoms with Gasteiger partial charge in [0.15, 0.2) is 0 Å². The molecule has 3 nitrogen and oxygen atoms in total. The molecule has 0 unspecified atom stereocenters. The van der Waals surface area contributed by atoms with Crippen molar-refractivity contribution in [2.75, 3.05) is 0 Å². The number of nitrogens with zero attached hydrogens (tertiary/aromatic N) is 3. The quantitative estimate of drug-likeness (QED) is 0.317. The average molecular weight is 135 g/mol. The summed E-state index contributed by atoms with van der Waals surface area (Å²) in [6.07, 6.45) is 7.99. The molecule has 0 aliphatic heterocycles. The topological polar surface area (TPSA) is 48.8 Å². The third kappa shape index (κ3) is 1.39. The minimum atomic E-state index is 0.0417. The first-order chi connectivity index (χ1) is 4.84. The lowest BCUT2D eigenvalue weighted by molar-refractivity contribution is 0.636. The molecule has 0 saturated carbocycles. The summed E-state index contributed by atoms with van der Waals surface area (Å²) < 4.78 is 0. The van der Waals surface area contributed by atoms with Gasteiger partial charge in [0.1, 0.15) is 0 Å². The van der Waals surface area contributed by atoms with Crippen LogP contribution in [0.15, 0.2) is 29.4 Å². The van der Waals surface area contributed by atoms with Gasteiger partial charge < -0.3 is 0 Å². The minimum absolute atomic E-state index is 0.0417. The minimum Gasteiger partial charge on any atom is -0.0900 e. The van der Waals surface area contributed by atoms with Crippen LogP contribution in [0.5, 0.6) is 0 Å². The van der Waals surface area contributed by atoms with Crippen LogP contribution in [0, 0.1) is 5.92 Å². The fourth-order valence-corrected chi connectivity index (χ4v) is 0.929. The molecule has 0 saturated heterocycles. The van der Waals surface area contributed by atoms with E-state index in [1.54, 1.807) is 0 Å². The van der Waals surface area contributed by atoms with Gasteiger partial charge in [0.25, 0.3) is 0 Å². The number of allylic oxidation sites excluding steroid dienone is 2. The van der Waals surface area contributed by atoms with Gasteiger partial charge in [0, 0.05) is 16.9 Å². The Balaban J connectivity index is 2.56. The van der Waals surface area contributed by atoms with Crippen molar-refractivity contribution in [3.8, 4) is 0 Å². The molecule has 10 heavy (non-hydrogen) atoms. The van der Waals surface area contributed by atoms with Gasteiger partial charge in [-0.05, 0) is 5.53 Å². The van der Waals surface area contributed by atoms with Gasteiger partial charge in [0.2, 0.25) is 0 Å². The summed E-state index contributed by atoms with van der Waals surface area (Å²) in [5.41, 5.74) is 8.11. The normalized spacial score (nSPS) is 18.9. The summed E-state index contributed by atoms with van der Waals surface area (Å²) in [6, 6.07) is 0.0417. The lowest BCUT2D eigenvalue weighted by Gasteiger charge is -2.07. The number of hydrogen-bond acceptors (Lipinski definition) is 1. The third-order valence-electron chi connectivity index (χ3n) is 1.57. The van der Waals surface area contributed by atoms with Crippen LogP contribution in [-0.4, -0.2) is 6.04 Å². The molecule has 1 aliphatic carbocycles. The lowest BCUT2D eigenvalue weighted by Crippen LogP contribution is -2.06. The summed E-state index contributed by atoms with van der Waals surface area (Å²) >= 11 is 0. The predicted octanol–water partition coefficient (Wildman–Crippen LogP) is 2.43. The maximum Gasteiger partial charge on any atom is 0.0443 e. The van der Waals surface area contributed by atoms with Crippen molar-refractivity contribution in [1.82, 2.24) is 0 Å². The summed E-state index contributed by atoms with van der Waals surface area (Å²) in [7, 11) is 0. The van der Waals surface area contributed by atoms with Gasteiger partial charge in [-0.25, -0.2) is 0 Å². The van der Waals surface area contributed by atoms with Crippen molar-refractivity contribution in [3.63, 3.8) is 0 Å². The van der Waals surface area contributed by atoms with E-state index in [0.717, 1.165) is 0 Å². The van der Waals surface area contributed by atoms with Crippen LogP contribution in [0.2, 0.25) is 0 Å². The van der Waals surface area contributed by atoms with Crippen LogP contribution in [0.3, 0.4) is 0 Å². The number of azide groups is 1. The van der Waals surface area contributed by atoms with Gasteiger partial charge in [0.05, 0.1) is 0 Å². The number of rotatable bonds is 2. The van der Waals surface area contributed by atoms with E-state index in [0.29, 0.717) is 5.92 Å². The van der Waals surface area contributed by atoms with Crippen LogP contribution in [0.4, 0.5) is 0 Å². The fraction of sp³-hybridized carbons (Fsp3) is 0.429. The zero-order chi connectivity index (χ0) is 7.40. The van der Waals surface area contributed by atoms with E-state index in [4.69, 9.17) is 5.53 Å². The van der Waals surface area contributed by atoms with E-state index < -0.39 is 0 Å². The molecule has 0 aromatic carbocycles. The smallest absolute Gasteiger partial charge is 0.0443 e. The molecule has 52 valence electrons. The van der Waals surface area contributed by atoms with E-state index in [2.05, 4.69) is 10.0 Å². The molecule has 0 heterocycles. The average Bonchev–Trinajstić information content (AvgIpc) is 2.38. The molecule has 0 radical (unpaired) electrons. The van der Waals surface area contributed by atoms with Crippen LogP contribution in [-0.2, 0) is 0 Å². The second kappa shape index (κ2) is 3.08. The molecule has 1 aliphatic rings. The highest BCUT2D eigenvalue weighted by atomic mass is 15.1. The van der Waals surface area contributed by atoms with Gasteiger partial charge >= 0.3 is 0 Å². The molecule has 1 rings (SSSR count). The maximum atomic E-state index is 8.11. The monoisotopic (exact) mass is 135 g/mol. The molecule has 0 N–H and O–H groups in total. The van der Waals surface area contributed by atoms with Crippen molar-refractivity contribution in [1.29, 1.82) is 0 Å². The molecular weight excluding hydrogens is 126 g/mol. The van der Waals surface area contributed by atoms with Crippen LogP contribution >= 0.6 is 0 Å². The third-order valence-corrected chi connectivity index (χ3v) is 1.57. The van der Waals surface area contributed by atoms with E-state index >= 15 is 0 Å². The highest BCUT2D eigenvalue weighted by Gasteiger charge is 2.10. The highest BCUT2D eigenvalue weighted by Crippen LogP contribution is 2.15. The Morgan fingerprint density at radius 3 is 2.60 bits per heavy atom. The maximum absolute atomic E-state index is 8.11. The zero-order valence-corrected chi connectivity index (χ0v) is 5.81. The molecule has 0 spiro atoms. The molecule has 0 aromatic rings. The molecule has 1 atom stereocenters. The second-order valence-electron chi connectivity index (χ2n) is 2.29. The van der Waals surface area contributed by atoms with Crippen LogP contribution < -0.4 is 0 Å². The Kier molecular flexibility index (Phi) is 2.13. The van der Waals surface area contributed by atoms with E-state index in [9.17, 15) is 0 Å². The highest BCUT2D eigenvalue weighted by molar-refractivity contribution is 5.19. The number of hydrogen-bond donors (Lipinski definition) is 0. The van der Waals surface area contributed by atoms with Crippen LogP contribution in [0.1, 0.15) is 6.92 Å².